The van der Waals surface area contributed by atoms with Gasteiger partial charge in [-0.25, -0.2) is 16.8 Å². The van der Waals surface area contributed by atoms with Crippen LogP contribution in [0.25, 0.3) is 0 Å². The van der Waals surface area contributed by atoms with E-state index in [9.17, 15) is 48.1 Å². The van der Waals surface area contributed by atoms with Crippen LogP contribution in [0.4, 0.5) is 26.3 Å². The molecule has 0 atom stereocenters. The highest BCUT2D eigenvalue weighted by Gasteiger charge is 2.66. The van der Waals surface area contributed by atoms with Gasteiger partial charge >= 0.3 is 31.1 Å². The number of hydrogen-bond acceptors (Lipinski definition) is 6. The number of nitroso groups, excluding NO2 is 1. The van der Waals surface area contributed by atoms with Crippen LogP contribution in [0, 0.1) is 4.91 Å². The minimum absolute atomic E-state index is 0.159. The summed E-state index contributed by atoms with van der Waals surface area (Å²) in [6.45, 7) is 0.319. The molecule has 0 saturated carbocycles. The predicted octanol–water partition coefficient (Wildman–Crippen LogP) is 1.49. The van der Waals surface area contributed by atoms with E-state index in [1.807, 2.05) is 0 Å². The second-order valence-corrected chi connectivity index (χ2v) is 7.47. The Hall–Kier alpha value is -0.960. The highest BCUT2D eigenvalue weighted by atomic mass is 32.3. The summed E-state index contributed by atoms with van der Waals surface area (Å²) in [4.78, 5) is 10.3. The average molecular weight is 352 g/mol. The van der Waals surface area contributed by atoms with E-state index in [1.165, 1.54) is 0 Å². The number of halogens is 6. The Morgan fingerprint density at radius 3 is 1.20 bits per heavy atom. The smallest absolute Gasteiger partial charge is 0.201 e. The molecule has 0 aromatic carbocycles. The maximum atomic E-state index is 12.3. The Labute approximate surface area is 108 Å². The SMILES string of the molecule is CC(C)(N=O)N(S(=O)(=O)C(F)(F)F)S(=O)(=O)C(F)(F)F. The van der Waals surface area contributed by atoms with Crippen LogP contribution in [0.2, 0.25) is 0 Å². The standard InChI is InChI=1S/C5H6F6N2O5S2/c1-3(2,12-14)13(19(15,16)4(6,7)8)20(17,18)5(9,10)11/h1-2H3. The number of rotatable bonds is 4. The molecule has 0 bridgehead atoms. The average Bonchev–Trinajstić information content (AvgIpc) is 2.12. The van der Waals surface area contributed by atoms with Gasteiger partial charge in [0.15, 0.2) is 5.66 Å². The molecule has 20 heavy (non-hydrogen) atoms. The lowest BCUT2D eigenvalue weighted by atomic mass is 10.3. The second-order valence-electron chi connectivity index (χ2n) is 3.68. The highest BCUT2D eigenvalue weighted by Crippen LogP contribution is 2.40. The van der Waals surface area contributed by atoms with E-state index in [-0.39, 0.29) is 13.8 Å². The zero-order valence-corrected chi connectivity index (χ0v) is 11.2. The molecule has 0 rings (SSSR count). The molecule has 0 spiro atoms. The van der Waals surface area contributed by atoms with Crippen molar-refractivity contribution in [1.82, 2.24) is 3.71 Å². The first-order valence-electron chi connectivity index (χ1n) is 4.20. The summed E-state index contributed by atoms with van der Waals surface area (Å²) < 4.78 is 115. The molecule has 0 heterocycles. The first kappa shape index (κ1) is 19.0. The van der Waals surface area contributed by atoms with Crippen molar-refractivity contribution in [3.05, 3.63) is 4.91 Å². The maximum absolute atomic E-state index is 12.3. The zero-order chi connectivity index (χ0) is 16.8. The monoisotopic (exact) mass is 352 g/mol. The van der Waals surface area contributed by atoms with Crippen molar-refractivity contribution in [2.45, 2.75) is 30.5 Å². The highest BCUT2D eigenvalue weighted by molar-refractivity contribution is 8.04. The Morgan fingerprint density at radius 2 is 1.05 bits per heavy atom. The summed E-state index contributed by atoms with van der Waals surface area (Å²) in [6, 6.07) is 0. The second kappa shape index (κ2) is 4.80. The van der Waals surface area contributed by atoms with Crippen LogP contribution in [-0.2, 0) is 20.0 Å². The number of sulfonamides is 2. The third kappa shape index (κ3) is 3.03. The van der Waals surface area contributed by atoms with Crippen molar-refractivity contribution in [2.75, 3.05) is 0 Å². The van der Waals surface area contributed by atoms with Crippen molar-refractivity contribution >= 4 is 20.0 Å². The van der Waals surface area contributed by atoms with Gasteiger partial charge in [0, 0.05) is 0 Å². The fourth-order valence-electron chi connectivity index (χ4n) is 0.939. The van der Waals surface area contributed by atoms with Gasteiger partial charge in [-0.1, -0.05) is 0 Å². The summed E-state index contributed by atoms with van der Waals surface area (Å²) >= 11 is 0. The van der Waals surface area contributed by atoms with Crippen LogP contribution in [0.3, 0.4) is 0 Å². The van der Waals surface area contributed by atoms with Crippen LogP contribution in [0.1, 0.15) is 13.8 Å². The van der Waals surface area contributed by atoms with E-state index < -0.39 is 40.4 Å². The summed E-state index contributed by atoms with van der Waals surface area (Å²) in [6.07, 6.45) is 0. The topological polar surface area (TPSA) is 101 Å². The molecule has 0 aromatic heterocycles. The Balaban J connectivity index is 6.59. The molecule has 0 amide bonds. The van der Waals surface area contributed by atoms with Gasteiger partial charge in [0.1, 0.15) is 0 Å². The third-order valence-electron chi connectivity index (χ3n) is 1.69. The maximum Gasteiger partial charge on any atom is 0.512 e. The fourth-order valence-corrected chi connectivity index (χ4v) is 4.10. The van der Waals surface area contributed by atoms with Crippen LogP contribution in [-0.4, -0.2) is 37.2 Å². The third-order valence-corrected chi connectivity index (χ3v) is 5.81. The largest absolute Gasteiger partial charge is 0.512 e. The van der Waals surface area contributed by atoms with Gasteiger partial charge in [0.05, 0.1) is 0 Å². The Bertz CT molecular complexity index is 544. The van der Waals surface area contributed by atoms with Gasteiger partial charge in [0.2, 0.25) is 0 Å². The molecule has 0 aliphatic rings. The Kier molecular flexibility index (Phi) is 4.57. The molecule has 0 aliphatic carbocycles. The predicted molar refractivity (Wildman–Crippen MR) is 51.7 cm³/mol. The summed E-state index contributed by atoms with van der Waals surface area (Å²) in [5, 5.41) is 1.70. The minimum atomic E-state index is -7.02. The van der Waals surface area contributed by atoms with Crippen LogP contribution >= 0.6 is 0 Å². The summed E-state index contributed by atoms with van der Waals surface area (Å²) in [5.41, 5.74) is -16.1. The molecule has 0 N–H and O–H groups in total. The number of alkyl halides is 6. The minimum Gasteiger partial charge on any atom is -0.201 e. The number of nitrogens with zero attached hydrogens (tertiary/aromatic N) is 2. The Morgan fingerprint density at radius 1 is 0.800 bits per heavy atom. The van der Waals surface area contributed by atoms with Crippen molar-refractivity contribution in [2.24, 2.45) is 5.18 Å². The van der Waals surface area contributed by atoms with Gasteiger partial charge < -0.3 is 0 Å². The van der Waals surface area contributed by atoms with Crippen LogP contribution < -0.4 is 0 Å². The molecule has 0 saturated heterocycles. The summed E-state index contributed by atoms with van der Waals surface area (Å²) in [5.74, 6) is 0. The first-order chi connectivity index (χ1) is 8.43. The van der Waals surface area contributed by atoms with Gasteiger partial charge in [-0.05, 0) is 22.7 Å². The molecule has 0 radical (unpaired) electrons. The van der Waals surface area contributed by atoms with Crippen molar-refractivity contribution < 1.29 is 43.2 Å². The molecule has 15 heteroatoms. The first-order valence-corrected chi connectivity index (χ1v) is 7.08. The van der Waals surface area contributed by atoms with Gasteiger partial charge in [-0.2, -0.15) is 26.3 Å². The van der Waals surface area contributed by atoms with Gasteiger partial charge in [0.25, 0.3) is 0 Å². The molecule has 0 aromatic rings. The van der Waals surface area contributed by atoms with E-state index in [0.29, 0.717) is 0 Å². The van der Waals surface area contributed by atoms with Crippen LogP contribution in [0.15, 0.2) is 5.18 Å². The van der Waals surface area contributed by atoms with Gasteiger partial charge in [-0.3, -0.25) is 0 Å². The fraction of sp³-hybridized carbons (Fsp3) is 1.00. The molecule has 7 nitrogen and oxygen atoms in total. The van der Waals surface area contributed by atoms with E-state index >= 15 is 0 Å². The molecular formula is C5H6F6N2O5S2. The van der Waals surface area contributed by atoms with E-state index in [4.69, 9.17) is 0 Å². The van der Waals surface area contributed by atoms with Gasteiger partial charge in [-0.15, -0.1) is 4.91 Å². The van der Waals surface area contributed by atoms with Crippen molar-refractivity contribution in [1.29, 1.82) is 0 Å². The lowest BCUT2D eigenvalue weighted by Crippen LogP contribution is -2.57. The zero-order valence-electron chi connectivity index (χ0n) is 9.52. The molecule has 0 unspecified atom stereocenters. The lowest BCUT2D eigenvalue weighted by molar-refractivity contribution is -0.0561. The normalized spacial score (nSPS) is 15.4. The summed E-state index contributed by atoms with van der Waals surface area (Å²) in [7, 11) is -14.0. The lowest BCUT2D eigenvalue weighted by Gasteiger charge is -2.31. The molecule has 120 valence electrons. The number of hydrogen-bond donors (Lipinski definition) is 0. The molecule has 0 fully saturated rings. The van der Waals surface area contributed by atoms with Crippen molar-refractivity contribution in [3.8, 4) is 0 Å². The van der Waals surface area contributed by atoms with E-state index in [1.54, 1.807) is 5.18 Å². The quantitative estimate of drug-likeness (QED) is 0.564. The molecule has 0 aliphatic heterocycles. The van der Waals surface area contributed by atoms with Crippen molar-refractivity contribution in [3.63, 3.8) is 0 Å². The molecular weight excluding hydrogens is 346 g/mol. The van der Waals surface area contributed by atoms with E-state index in [2.05, 4.69) is 0 Å². The van der Waals surface area contributed by atoms with Crippen LogP contribution in [0.5, 0.6) is 0 Å². The van der Waals surface area contributed by atoms with E-state index in [0.717, 1.165) is 0 Å².